The summed E-state index contributed by atoms with van der Waals surface area (Å²) in [6, 6.07) is 0.161. The third-order valence-electron chi connectivity index (χ3n) is 2.69. The van der Waals surface area contributed by atoms with Crippen molar-refractivity contribution in [2.24, 2.45) is 5.73 Å². The summed E-state index contributed by atoms with van der Waals surface area (Å²) in [5, 5.41) is 3.13. The van der Waals surface area contributed by atoms with Gasteiger partial charge in [-0.05, 0) is 26.8 Å². The molecule has 1 fully saturated rings. The first-order valence-corrected chi connectivity index (χ1v) is 7.69. The van der Waals surface area contributed by atoms with Crippen LogP contribution < -0.4 is 11.1 Å². The molecule has 0 aromatic heterocycles. The van der Waals surface area contributed by atoms with Crippen molar-refractivity contribution in [2.75, 3.05) is 19.8 Å². The van der Waals surface area contributed by atoms with Crippen LogP contribution in [-0.4, -0.2) is 46.9 Å². The molecule has 3 N–H and O–H groups in total. The van der Waals surface area contributed by atoms with Gasteiger partial charge in [0.15, 0.2) is 5.78 Å². The lowest BCUT2D eigenvalue weighted by atomic mass is 10.1. The molecule has 0 spiro atoms. The lowest BCUT2D eigenvalue weighted by molar-refractivity contribution is -0.119. The molecule has 0 aromatic rings. The molecule has 0 radical (unpaired) electrons. The van der Waals surface area contributed by atoms with E-state index < -0.39 is 9.28 Å². The number of carbonyl (C=O) groups is 1. The van der Waals surface area contributed by atoms with Gasteiger partial charge < -0.3 is 19.9 Å². The summed E-state index contributed by atoms with van der Waals surface area (Å²) in [5.74, 6) is 0.142. The molecule has 2 unspecified atom stereocenters. The van der Waals surface area contributed by atoms with Crippen molar-refractivity contribution in [3.63, 3.8) is 0 Å². The maximum Gasteiger partial charge on any atom is 0.329 e. The van der Waals surface area contributed by atoms with Gasteiger partial charge in [-0.15, -0.1) is 0 Å². The van der Waals surface area contributed by atoms with E-state index in [1.165, 1.54) is 0 Å². The summed E-state index contributed by atoms with van der Waals surface area (Å²) < 4.78 is 11.0. The molecule has 1 aliphatic heterocycles. The smallest absolute Gasteiger partial charge is 0.329 e. The Kier molecular flexibility index (Phi) is 6.15. The Hall–Kier alpha value is -0.273. The highest BCUT2D eigenvalue weighted by molar-refractivity contribution is 6.49. The number of nitrogens with one attached hydrogen (secondary N) is 1. The summed E-state index contributed by atoms with van der Waals surface area (Å²) in [4.78, 5) is 11.9. The van der Waals surface area contributed by atoms with Gasteiger partial charge >= 0.3 is 9.28 Å². The van der Waals surface area contributed by atoms with Crippen LogP contribution in [0.5, 0.6) is 0 Å². The summed E-state index contributed by atoms with van der Waals surface area (Å²) in [7, 11) is -1.82. The Morgan fingerprint density at radius 3 is 2.50 bits per heavy atom. The Bertz CT molecular complexity index is 222. The first kappa shape index (κ1) is 13.8. The van der Waals surface area contributed by atoms with Crippen molar-refractivity contribution < 1.29 is 13.6 Å². The highest BCUT2D eigenvalue weighted by atomic mass is 28.3. The second-order valence-electron chi connectivity index (χ2n) is 3.90. The predicted octanol–water partition coefficient (Wildman–Crippen LogP) is -0.462. The zero-order valence-electron chi connectivity index (χ0n) is 10.1. The van der Waals surface area contributed by atoms with Crippen molar-refractivity contribution in [3.8, 4) is 0 Å². The van der Waals surface area contributed by atoms with E-state index >= 15 is 0 Å². The van der Waals surface area contributed by atoms with Gasteiger partial charge in [-0.2, -0.15) is 0 Å². The van der Waals surface area contributed by atoms with Crippen LogP contribution in [0.4, 0.5) is 0 Å². The van der Waals surface area contributed by atoms with Crippen LogP contribution in [0.3, 0.4) is 0 Å². The van der Waals surface area contributed by atoms with Crippen LogP contribution in [0.2, 0.25) is 6.04 Å². The fourth-order valence-electron chi connectivity index (χ4n) is 1.91. The van der Waals surface area contributed by atoms with Crippen molar-refractivity contribution in [3.05, 3.63) is 0 Å². The summed E-state index contributed by atoms with van der Waals surface area (Å²) in [6.45, 7) is 5.88. The number of rotatable bonds is 7. The Balaban J connectivity index is 2.40. The first-order chi connectivity index (χ1) is 7.69. The molecule has 1 heterocycles. The largest absolute Gasteiger partial charge is 0.397 e. The molecule has 0 aromatic carbocycles. The van der Waals surface area contributed by atoms with Gasteiger partial charge in [0, 0.05) is 25.3 Å². The van der Waals surface area contributed by atoms with Crippen LogP contribution in [0.25, 0.3) is 0 Å². The topological polar surface area (TPSA) is 73.6 Å². The van der Waals surface area contributed by atoms with Gasteiger partial charge in [0.25, 0.3) is 0 Å². The molecule has 6 heteroatoms. The number of Topliss-reactive ketones (excluding diaryl/α,β-unsaturated/α-hetero) is 1. The SMILES string of the molecule is CCO[SiH](CC(=O)C1NCCC1N)OCC. The number of hydrogen-bond acceptors (Lipinski definition) is 5. The lowest BCUT2D eigenvalue weighted by Crippen LogP contribution is -2.44. The zero-order valence-corrected chi connectivity index (χ0v) is 11.2. The van der Waals surface area contributed by atoms with E-state index in [-0.39, 0.29) is 17.9 Å². The van der Waals surface area contributed by atoms with Gasteiger partial charge in [0.05, 0.1) is 6.04 Å². The molecule has 0 bridgehead atoms. The minimum absolute atomic E-state index is 0.0506. The normalized spacial score (nSPS) is 25.2. The van der Waals surface area contributed by atoms with Crippen LogP contribution in [0, 0.1) is 0 Å². The highest BCUT2D eigenvalue weighted by Crippen LogP contribution is 2.10. The minimum atomic E-state index is -1.82. The fourth-order valence-corrected chi connectivity index (χ4v) is 3.56. The molecule has 94 valence electrons. The predicted molar refractivity (Wildman–Crippen MR) is 64.6 cm³/mol. The Morgan fingerprint density at radius 2 is 2.06 bits per heavy atom. The van der Waals surface area contributed by atoms with Crippen molar-refractivity contribution in [1.29, 1.82) is 0 Å². The fraction of sp³-hybridized carbons (Fsp3) is 0.900. The molecule has 2 atom stereocenters. The summed E-state index contributed by atoms with van der Waals surface area (Å²) in [5.41, 5.74) is 5.85. The average Bonchev–Trinajstić information content (AvgIpc) is 2.65. The van der Waals surface area contributed by atoms with E-state index in [9.17, 15) is 4.79 Å². The van der Waals surface area contributed by atoms with Crippen molar-refractivity contribution >= 4 is 15.1 Å². The van der Waals surface area contributed by atoms with Gasteiger partial charge in [-0.1, -0.05) is 0 Å². The summed E-state index contributed by atoms with van der Waals surface area (Å²) >= 11 is 0. The van der Waals surface area contributed by atoms with Gasteiger partial charge in [0.2, 0.25) is 0 Å². The second kappa shape index (κ2) is 7.13. The number of nitrogens with two attached hydrogens (primary N) is 1. The maximum atomic E-state index is 11.9. The van der Waals surface area contributed by atoms with Crippen LogP contribution in [0.15, 0.2) is 0 Å². The van der Waals surface area contributed by atoms with E-state index in [0.29, 0.717) is 19.3 Å². The molecular formula is C10H22N2O3Si. The number of hydrogen-bond donors (Lipinski definition) is 2. The Labute approximate surface area is 98.5 Å². The van der Waals surface area contributed by atoms with E-state index in [1.807, 2.05) is 13.8 Å². The van der Waals surface area contributed by atoms with Gasteiger partial charge in [0.1, 0.15) is 0 Å². The second-order valence-corrected chi connectivity index (χ2v) is 5.83. The highest BCUT2D eigenvalue weighted by Gasteiger charge is 2.32. The van der Waals surface area contributed by atoms with Crippen LogP contribution >= 0.6 is 0 Å². The van der Waals surface area contributed by atoms with E-state index in [0.717, 1.165) is 13.0 Å². The average molecular weight is 246 g/mol. The van der Waals surface area contributed by atoms with E-state index in [1.54, 1.807) is 0 Å². The van der Waals surface area contributed by atoms with Gasteiger partial charge in [-0.3, -0.25) is 4.79 Å². The quantitative estimate of drug-likeness (QED) is 0.595. The standard InChI is InChI=1S/C10H22N2O3Si/c1-3-14-16(15-4-2)7-9(13)10-8(11)5-6-12-10/h8,10,12,16H,3-7,11H2,1-2H3. The third kappa shape index (κ3) is 3.95. The first-order valence-electron chi connectivity index (χ1n) is 5.93. The molecule has 5 nitrogen and oxygen atoms in total. The zero-order chi connectivity index (χ0) is 12.0. The molecule has 0 saturated carbocycles. The van der Waals surface area contributed by atoms with Crippen molar-refractivity contribution in [2.45, 2.75) is 38.4 Å². The molecule has 16 heavy (non-hydrogen) atoms. The monoisotopic (exact) mass is 246 g/mol. The van der Waals surface area contributed by atoms with Gasteiger partial charge in [-0.25, -0.2) is 0 Å². The molecule has 0 amide bonds. The Morgan fingerprint density at radius 1 is 1.44 bits per heavy atom. The minimum Gasteiger partial charge on any atom is -0.397 e. The van der Waals surface area contributed by atoms with E-state index in [4.69, 9.17) is 14.6 Å². The van der Waals surface area contributed by atoms with Crippen LogP contribution in [0.1, 0.15) is 20.3 Å². The molecule has 1 rings (SSSR count). The lowest BCUT2D eigenvalue weighted by Gasteiger charge is -2.18. The molecule has 1 saturated heterocycles. The molecule has 0 aliphatic carbocycles. The number of carbonyl (C=O) groups excluding carboxylic acids is 1. The maximum absolute atomic E-state index is 11.9. The molecule has 1 aliphatic rings. The third-order valence-corrected chi connectivity index (χ3v) is 4.84. The summed E-state index contributed by atoms with van der Waals surface area (Å²) in [6.07, 6.45) is 0.867. The molecular weight excluding hydrogens is 224 g/mol. The van der Waals surface area contributed by atoms with E-state index in [2.05, 4.69) is 5.32 Å². The van der Waals surface area contributed by atoms with Crippen LogP contribution in [-0.2, 0) is 13.6 Å². The number of ketones is 1. The van der Waals surface area contributed by atoms with Crippen molar-refractivity contribution in [1.82, 2.24) is 5.32 Å².